The van der Waals surface area contributed by atoms with Crippen LogP contribution in [-0.2, 0) is 19.3 Å². The third kappa shape index (κ3) is 1.87. The van der Waals surface area contributed by atoms with Gasteiger partial charge >= 0.3 is 0 Å². The molecule has 0 aliphatic heterocycles. The van der Waals surface area contributed by atoms with E-state index in [1.54, 1.807) is 14.2 Å². The molecule has 1 N–H and O–H groups in total. The Morgan fingerprint density at radius 2 is 1.89 bits per heavy atom. The van der Waals surface area contributed by atoms with Crippen molar-refractivity contribution in [3.63, 3.8) is 0 Å². The molecule has 0 heterocycles. The van der Waals surface area contributed by atoms with Gasteiger partial charge in [0.2, 0.25) is 0 Å². The summed E-state index contributed by atoms with van der Waals surface area (Å²) in [4.78, 5) is 0. The number of rotatable bonds is 4. The molecular formula is C15H20O3. The van der Waals surface area contributed by atoms with E-state index in [1.165, 1.54) is 11.1 Å². The smallest absolute Gasteiger partial charge is 0.125 e. The molecule has 1 aromatic rings. The highest BCUT2D eigenvalue weighted by molar-refractivity contribution is 5.56. The molecule has 1 fully saturated rings. The third-order valence-corrected chi connectivity index (χ3v) is 4.16. The molecule has 0 amide bonds. The fourth-order valence-corrected chi connectivity index (χ4v) is 3.01. The van der Waals surface area contributed by atoms with Crippen LogP contribution < -0.4 is 9.47 Å². The molecule has 0 spiro atoms. The molecule has 0 radical (unpaired) electrons. The van der Waals surface area contributed by atoms with Gasteiger partial charge in [0.05, 0.1) is 19.8 Å². The minimum Gasteiger partial charge on any atom is -0.496 e. The molecule has 3 nitrogen and oxygen atoms in total. The van der Waals surface area contributed by atoms with Crippen LogP contribution in [-0.4, -0.2) is 24.9 Å². The minimum absolute atomic E-state index is 0.495. The van der Waals surface area contributed by atoms with E-state index in [-0.39, 0.29) is 0 Å². The average molecular weight is 248 g/mol. The molecule has 0 atom stereocenters. The summed E-state index contributed by atoms with van der Waals surface area (Å²) in [7, 11) is 3.44. The number of hydrogen-bond acceptors (Lipinski definition) is 3. The first-order valence-electron chi connectivity index (χ1n) is 6.65. The third-order valence-electron chi connectivity index (χ3n) is 4.16. The molecule has 18 heavy (non-hydrogen) atoms. The van der Waals surface area contributed by atoms with Crippen LogP contribution in [0.15, 0.2) is 6.07 Å². The van der Waals surface area contributed by atoms with Crippen LogP contribution in [0.4, 0.5) is 0 Å². The zero-order chi connectivity index (χ0) is 12.8. The van der Waals surface area contributed by atoms with Crippen LogP contribution in [0.3, 0.4) is 0 Å². The van der Waals surface area contributed by atoms with E-state index in [4.69, 9.17) is 9.47 Å². The average Bonchev–Trinajstić information content (AvgIpc) is 2.90. The molecule has 0 aromatic heterocycles. The van der Waals surface area contributed by atoms with Crippen molar-refractivity contribution in [1.29, 1.82) is 0 Å². The number of ether oxygens (including phenoxy) is 2. The quantitative estimate of drug-likeness (QED) is 0.888. The van der Waals surface area contributed by atoms with Gasteiger partial charge in [-0.3, -0.25) is 0 Å². The maximum Gasteiger partial charge on any atom is 0.125 e. The molecule has 0 unspecified atom stereocenters. The van der Waals surface area contributed by atoms with Crippen molar-refractivity contribution in [3.05, 3.63) is 22.8 Å². The van der Waals surface area contributed by atoms with Gasteiger partial charge in [0.25, 0.3) is 0 Å². The minimum atomic E-state index is -0.495. The first kappa shape index (κ1) is 11.8. The normalized spacial score (nSPS) is 19.5. The van der Waals surface area contributed by atoms with Gasteiger partial charge < -0.3 is 14.6 Å². The molecule has 0 bridgehead atoms. The van der Waals surface area contributed by atoms with Crippen LogP contribution >= 0.6 is 0 Å². The lowest BCUT2D eigenvalue weighted by Crippen LogP contribution is -2.12. The Morgan fingerprint density at radius 3 is 2.50 bits per heavy atom. The number of fused-ring (bicyclic) bond motifs is 1. The van der Waals surface area contributed by atoms with Crippen molar-refractivity contribution in [2.75, 3.05) is 14.2 Å². The fraction of sp³-hybridized carbons (Fsp3) is 0.600. The van der Waals surface area contributed by atoms with Crippen molar-refractivity contribution in [3.8, 4) is 11.5 Å². The molecule has 2 aliphatic rings. The zero-order valence-corrected chi connectivity index (χ0v) is 11.1. The van der Waals surface area contributed by atoms with Crippen molar-refractivity contribution >= 4 is 0 Å². The molecule has 1 aromatic carbocycles. The van der Waals surface area contributed by atoms with Gasteiger partial charge in [-0.25, -0.2) is 0 Å². The lowest BCUT2D eigenvalue weighted by molar-refractivity contribution is 0.150. The zero-order valence-electron chi connectivity index (χ0n) is 11.1. The highest BCUT2D eigenvalue weighted by atomic mass is 16.5. The second-order valence-corrected chi connectivity index (χ2v) is 5.48. The molecule has 3 rings (SSSR count). The predicted molar refractivity (Wildman–Crippen MR) is 69.5 cm³/mol. The summed E-state index contributed by atoms with van der Waals surface area (Å²) < 4.78 is 11.1. The Labute approximate surface area is 108 Å². The summed E-state index contributed by atoms with van der Waals surface area (Å²) in [5.41, 5.74) is 3.18. The van der Waals surface area contributed by atoms with Crippen molar-refractivity contribution in [2.45, 2.75) is 44.1 Å². The van der Waals surface area contributed by atoms with Gasteiger partial charge in [-0.2, -0.15) is 0 Å². The van der Waals surface area contributed by atoms with Crippen molar-refractivity contribution in [2.24, 2.45) is 0 Å². The molecule has 2 aliphatic carbocycles. The molecular weight excluding hydrogens is 228 g/mol. The van der Waals surface area contributed by atoms with Gasteiger partial charge in [0.1, 0.15) is 11.5 Å². The van der Waals surface area contributed by atoms with E-state index in [2.05, 4.69) is 6.07 Å². The largest absolute Gasteiger partial charge is 0.496 e. The molecule has 3 heteroatoms. The van der Waals surface area contributed by atoms with Crippen LogP contribution in [0.2, 0.25) is 0 Å². The van der Waals surface area contributed by atoms with Crippen LogP contribution in [0.1, 0.15) is 36.0 Å². The van der Waals surface area contributed by atoms with E-state index in [0.29, 0.717) is 6.42 Å². The van der Waals surface area contributed by atoms with Gasteiger partial charge in [-0.05, 0) is 38.2 Å². The lowest BCUT2D eigenvalue weighted by atomic mass is 9.98. The molecule has 0 saturated heterocycles. The molecule has 1 saturated carbocycles. The maximum absolute atomic E-state index is 10.1. The highest BCUT2D eigenvalue weighted by Gasteiger charge is 2.41. The number of hydrogen-bond donors (Lipinski definition) is 1. The summed E-state index contributed by atoms with van der Waals surface area (Å²) in [6, 6.07) is 2.05. The van der Waals surface area contributed by atoms with Gasteiger partial charge in [-0.15, -0.1) is 0 Å². The summed E-state index contributed by atoms with van der Waals surface area (Å²) in [6.45, 7) is 0. The maximum atomic E-state index is 10.1. The van der Waals surface area contributed by atoms with E-state index in [9.17, 15) is 5.11 Å². The summed E-state index contributed by atoms with van der Waals surface area (Å²) in [5, 5.41) is 10.1. The summed E-state index contributed by atoms with van der Waals surface area (Å²) >= 11 is 0. The Hall–Kier alpha value is -1.22. The number of aliphatic hydroxyl groups is 1. The molecule has 98 valence electrons. The standard InChI is InChI=1S/C15H20O3/c1-17-13-8-10(9-15(16)6-7-15)14(18-2)12-5-3-4-11(12)13/h8,16H,3-7,9H2,1-2H3. The first-order chi connectivity index (χ1) is 8.67. The van der Waals surface area contributed by atoms with Crippen LogP contribution in [0, 0.1) is 0 Å². The number of methoxy groups -OCH3 is 2. The Kier molecular flexibility index (Phi) is 2.74. The van der Waals surface area contributed by atoms with Crippen LogP contribution in [0.25, 0.3) is 0 Å². The fourth-order valence-electron chi connectivity index (χ4n) is 3.01. The summed E-state index contributed by atoms with van der Waals surface area (Å²) in [5.74, 6) is 1.94. The Bertz CT molecular complexity index is 475. The van der Waals surface area contributed by atoms with Crippen LogP contribution in [0.5, 0.6) is 11.5 Å². The number of benzene rings is 1. The van der Waals surface area contributed by atoms with Crippen molar-refractivity contribution in [1.82, 2.24) is 0 Å². The van der Waals surface area contributed by atoms with Gasteiger partial charge in [-0.1, -0.05) is 0 Å². The topological polar surface area (TPSA) is 38.7 Å². The van der Waals surface area contributed by atoms with E-state index in [1.807, 2.05) is 0 Å². The predicted octanol–water partition coefficient (Wildman–Crippen LogP) is 2.26. The van der Waals surface area contributed by atoms with Crippen molar-refractivity contribution < 1.29 is 14.6 Å². The van der Waals surface area contributed by atoms with Gasteiger partial charge in [0, 0.05) is 23.1 Å². The Balaban J connectivity index is 2.06. The second-order valence-electron chi connectivity index (χ2n) is 5.48. The monoisotopic (exact) mass is 248 g/mol. The van der Waals surface area contributed by atoms with E-state index >= 15 is 0 Å². The highest BCUT2D eigenvalue weighted by Crippen LogP contribution is 2.45. The summed E-state index contributed by atoms with van der Waals surface area (Å²) in [6.07, 6.45) is 5.77. The van der Waals surface area contributed by atoms with Gasteiger partial charge in [0.15, 0.2) is 0 Å². The van der Waals surface area contributed by atoms with E-state index in [0.717, 1.165) is 49.2 Å². The Morgan fingerprint density at radius 1 is 1.17 bits per heavy atom. The second kappa shape index (κ2) is 4.16. The lowest BCUT2D eigenvalue weighted by Gasteiger charge is -2.18. The SMILES string of the molecule is COc1cc(CC2(O)CC2)c(OC)c2c1CCC2. The first-order valence-corrected chi connectivity index (χ1v) is 6.65. The van der Waals surface area contributed by atoms with E-state index < -0.39 is 5.60 Å².